The van der Waals surface area contributed by atoms with Gasteiger partial charge in [0.1, 0.15) is 6.10 Å². The third-order valence-corrected chi connectivity index (χ3v) is 10.9. The van der Waals surface area contributed by atoms with E-state index in [4.69, 9.17) is 4.74 Å². The van der Waals surface area contributed by atoms with Gasteiger partial charge < -0.3 is 20.3 Å². The predicted octanol–water partition coefficient (Wildman–Crippen LogP) is 15.3. The second kappa shape index (κ2) is 48.8. The first kappa shape index (κ1) is 58.8. The normalized spacial score (nSPS) is 14.1. The molecule has 3 N–H and O–H groups in total. The molecule has 0 aromatic heterocycles. The first-order valence-electron chi connectivity index (χ1n) is 25.5. The van der Waals surface area contributed by atoms with E-state index >= 15 is 0 Å². The minimum Gasteiger partial charge on any atom is -0.462 e. The van der Waals surface area contributed by atoms with Crippen LogP contribution in [0.1, 0.15) is 220 Å². The molecule has 0 aromatic rings. The highest BCUT2D eigenvalue weighted by Crippen LogP contribution is 2.16. The van der Waals surface area contributed by atoms with E-state index in [1.165, 1.54) is 64.2 Å². The molecule has 0 rings (SSSR count). The molecule has 0 aliphatic rings. The Kier molecular flexibility index (Phi) is 46.3. The lowest BCUT2D eigenvalue weighted by molar-refractivity contribution is -0.151. The van der Waals surface area contributed by atoms with Crippen LogP contribution in [0.5, 0.6) is 0 Å². The summed E-state index contributed by atoms with van der Waals surface area (Å²) in [6.07, 6.45) is 64.7. The summed E-state index contributed by atoms with van der Waals surface area (Å²) < 4.78 is 5.89. The minimum atomic E-state index is -0.808. The number of amides is 1. The number of carbonyl (C=O) groups excluding carboxylic acids is 2. The maximum Gasteiger partial charge on any atom is 0.306 e. The van der Waals surface area contributed by atoms with Gasteiger partial charge in [0.15, 0.2) is 0 Å². The van der Waals surface area contributed by atoms with Gasteiger partial charge in [0.2, 0.25) is 5.91 Å². The van der Waals surface area contributed by atoms with Crippen molar-refractivity contribution in [2.75, 3.05) is 6.61 Å². The van der Waals surface area contributed by atoms with Crippen molar-refractivity contribution in [2.45, 2.75) is 238 Å². The number of esters is 1. The topological polar surface area (TPSA) is 95.9 Å². The third kappa shape index (κ3) is 43.4. The SMILES string of the molecule is CC/C=C\C/C=C\C/C=C\C/C=C\C/C=C\CCCC(=O)OC(CCCCCC/C=C\C/C=C\C/C=C\CCCCC)CC(=O)NC(CO)C(O)CCCCCCCCCCC. The first-order chi connectivity index (χ1) is 30.5. The summed E-state index contributed by atoms with van der Waals surface area (Å²) in [6, 6.07) is -0.725. The van der Waals surface area contributed by atoms with Crippen molar-refractivity contribution in [1.82, 2.24) is 5.32 Å². The van der Waals surface area contributed by atoms with Crippen molar-refractivity contribution < 1.29 is 24.5 Å². The van der Waals surface area contributed by atoms with E-state index < -0.39 is 18.2 Å². The number of ether oxygens (including phenoxy) is 1. The summed E-state index contributed by atoms with van der Waals surface area (Å²) >= 11 is 0. The molecule has 0 saturated carbocycles. The summed E-state index contributed by atoms with van der Waals surface area (Å²) in [5, 5.41) is 23.7. The number of carbonyl (C=O) groups is 2. The Bertz CT molecular complexity index is 1240. The minimum absolute atomic E-state index is 0.0344. The van der Waals surface area contributed by atoms with Crippen LogP contribution in [0.25, 0.3) is 0 Å². The van der Waals surface area contributed by atoms with Crippen LogP contribution < -0.4 is 5.32 Å². The molecule has 0 fully saturated rings. The van der Waals surface area contributed by atoms with Crippen LogP contribution >= 0.6 is 0 Å². The molecule has 3 unspecified atom stereocenters. The van der Waals surface area contributed by atoms with Crippen molar-refractivity contribution in [3.63, 3.8) is 0 Å². The average Bonchev–Trinajstić information content (AvgIpc) is 3.26. The fourth-order valence-electron chi connectivity index (χ4n) is 7.06. The molecule has 62 heavy (non-hydrogen) atoms. The standard InChI is InChI=1S/C56H95NO5/c1-4-7-10-13-16-19-21-23-25-27-29-31-33-36-38-41-44-47-52(50-55(60)57-53(51-58)54(59)48-45-42-39-35-18-15-12-9-6-3)62-56(61)49-46-43-40-37-34-32-30-28-26-24-22-20-17-14-11-8-5-2/h8,11,16-17,19-20,23-26,29-32,37,40,52-54,58-59H,4-7,9-10,12-15,18,21-22,27-28,33-36,38-39,41-51H2,1-3H3,(H,57,60)/b11-8-,19-16-,20-17-,25-23-,26-24-,31-29-,32-30-,40-37-. The number of allylic oxidation sites excluding steroid dienone is 16. The van der Waals surface area contributed by atoms with Crippen LogP contribution in [0.2, 0.25) is 0 Å². The Balaban J connectivity index is 4.75. The van der Waals surface area contributed by atoms with Crippen molar-refractivity contribution >= 4 is 11.9 Å². The largest absolute Gasteiger partial charge is 0.462 e. The summed E-state index contributed by atoms with van der Waals surface area (Å²) in [5.41, 5.74) is 0. The number of hydrogen-bond donors (Lipinski definition) is 3. The Morgan fingerprint density at radius 3 is 1.35 bits per heavy atom. The lowest BCUT2D eigenvalue weighted by Gasteiger charge is -2.24. The van der Waals surface area contributed by atoms with E-state index in [1.807, 2.05) is 0 Å². The summed E-state index contributed by atoms with van der Waals surface area (Å²) in [6.45, 7) is 6.29. The van der Waals surface area contributed by atoms with Crippen molar-refractivity contribution in [3.05, 3.63) is 97.2 Å². The molecule has 0 aliphatic carbocycles. The molecule has 0 radical (unpaired) electrons. The van der Waals surface area contributed by atoms with Gasteiger partial charge in [-0.15, -0.1) is 0 Å². The molecule has 0 saturated heterocycles. The van der Waals surface area contributed by atoms with Gasteiger partial charge in [-0.2, -0.15) is 0 Å². The molecule has 0 bridgehead atoms. The van der Waals surface area contributed by atoms with Crippen LogP contribution in [-0.4, -0.2) is 46.9 Å². The zero-order valence-electron chi connectivity index (χ0n) is 40.2. The van der Waals surface area contributed by atoms with Gasteiger partial charge >= 0.3 is 5.97 Å². The van der Waals surface area contributed by atoms with Crippen LogP contribution in [0, 0.1) is 0 Å². The molecule has 0 spiro atoms. The second-order valence-electron chi connectivity index (χ2n) is 16.8. The zero-order chi connectivity index (χ0) is 45.2. The maximum absolute atomic E-state index is 13.2. The van der Waals surface area contributed by atoms with Crippen LogP contribution in [-0.2, 0) is 14.3 Å². The van der Waals surface area contributed by atoms with Gasteiger partial charge in [-0.1, -0.05) is 201 Å². The Morgan fingerprint density at radius 2 is 0.871 bits per heavy atom. The van der Waals surface area contributed by atoms with Gasteiger partial charge in [0, 0.05) is 6.42 Å². The second-order valence-corrected chi connectivity index (χ2v) is 16.8. The fraction of sp³-hybridized carbons (Fsp3) is 0.679. The molecular weight excluding hydrogens is 767 g/mol. The Labute approximate surface area is 382 Å². The molecule has 6 nitrogen and oxygen atoms in total. The van der Waals surface area contributed by atoms with Crippen LogP contribution in [0.4, 0.5) is 0 Å². The molecule has 1 amide bonds. The number of unbranched alkanes of at least 4 members (excludes halogenated alkanes) is 16. The van der Waals surface area contributed by atoms with E-state index in [2.05, 4.69) is 123 Å². The van der Waals surface area contributed by atoms with E-state index in [0.717, 1.165) is 103 Å². The van der Waals surface area contributed by atoms with Crippen molar-refractivity contribution in [1.29, 1.82) is 0 Å². The molecule has 6 heteroatoms. The summed E-state index contributed by atoms with van der Waals surface area (Å²) in [7, 11) is 0. The number of aliphatic hydroxyl groups is 2. The first-order valence-corrected chi connectivity index (χ1v) is 25.5. The Morgan fingerprint density at radius 1 is 0.484 bits per heavy atom. The number of aliphatic hydroxyl groups excluding tert-OH is 2. The molecule has 354 valence electrons. The van der Waals surface area contributed by atoms with Crippen molar-refractivity contribution in [3.8, 4) is 0 Å². The smallest absolute Gasteiger partial charge is 0.306 e. The molecular formula is C56H95NO5. The maximum atomic E-state index is 13.2. The Hall–Kier alpha value is -3.22. The van der Waals surface area contributed by atoms with Crippen LogP contribution in [0.3, 0.4) is 0 Å². The van der Waals surface area contributed by atoms with E-state index in [-0.39, 0.29) is 24.9 Å². The monoisotopic (exact) mass is 862 g/mol. The highest BCUT2D eigenvalue weighted by molar-refractivity contribution is 5.77. The van der Waals surface area contributed by atoms with Gasteiger partial charge in [0.25, 0.3) is 0 Å². The van der Waals surface area contributed by atoms with Gasteiger partial charge in [-0.05, 0) is 103 Å². The number of nitrogens with one attached hydrogen (secondary N) is 1. The highest BCUT2D eigenvalue weighted by Gasteiger charge is 2.24. The van der Waals surface area contributed by atoms with Gasteiger partial charge in [-0.3, -0.25) is 9.59 Å². The lowest BCUT2D eigenvalue weighted by atomic mass is 10.0. The quantitative estimate of drug-likeness (QED) is 0.0322. The number of hydrogen-bond acceptors (Lipinski definition) is 5. The molecule has 3 atom stereocenters. The highest BCUT2D eigenvalue weighted by atomic mass is 16.5. The average molecular weight is 862 g/mol. The predicted molar refractivity (Wildman–Crippen MR) is 268 cm³/mol. The fourth-order valence-corrected chi connectivity index (χ4v) is 7.06. The third-order valence-electron chi connectivity index (χ3n) is 10.9. The van der Waals surface area contributed by atoms with E-state index in [9.17, 15) is 19.8 Å². The lowest BCUT2D eigenvalue weighted by Crippen LogP contribution is -2.46. The molecule has 0 aliphatic heterocycles. The van der Waals surface area contributed by atoms with Gasteiger partial charge in [0.05, 0.1) is 25.2 Å². The summed E-state index contributed by atoms with van der Waals surface area (Å²) in [5.74, 6) is -0.574. The number of rotatable bonds is 44. The summed E-state index contributed by atoms with van der Waals surface area (Å²) in [4.78, 5) is 26.1. The van der Waals surface area contributed by atoms with E-state index in [0.29, 0.717) is 25.7 Å². The van der Waals surface area contributed by atoms with Crippen LogP contribution in [0.15, 0.2) is 97.2 Å². The van der Waals surface area contributed by atoms with Crippen molar-refractivity contribution in [2.24, 2.45) is 0 Å². The molecule has 0 aromatic carbocycles. The van der Waals surface area contributed by atoms with E-state index in [1.54, 1.807) is 0 Å². The molecule has 0 heterocycles. The zero-order valence-corrected chi connectivity index (χ0v) is 40.2. The van der Waals surface area contributed by atoms with Gasteiger partial charge in [-0.25, -0.2) is 0 Å².